The van der Waals surface area contributed by atoms with E-state index in [1.807, 2.05) is 13.0 Å². The van der Waals surface area contributed by atoms with Gasteiger partial charge in [-0.2, -0.15) is 5.10 Å². The number of carbonyl (C=O) groups is 2. The van der Waals surface area contributed by atoms with Crippen molar-refractivity contribution in [3.63, 3.8) is 0 Å². The summed E-state index contributed by atoms with van der Waals surface area (Å²) in [4.78, 5) is 31.6. The molecule has 3 aromatic carbocycles. The van der Waals surface area contributed by atoms with Gasteiger partial charge >= 0.3 is 0 Å². The van der Waals surface area contributed by atoms with Crippen LogP contribution in [0.3, 0.4) is 0 Å². The van der Waals surface area contributed by atoms with Crippen molar-refractivity contribution in [3.05, 3.63) is 101 Å². The van der Waals surface area contributed by atoms with Crippen LogP contribution in [-0.4, -0.2) is 40.1 Å². The van der Waals surface area contributed by atoms with E-state index in [2.05, 4.69) is 20.7 Å². The first-order chi connectivity index (χ1) is 18.9. The van der Waals surface area contributed by atoms with E-state index in [4.69, 9.17) is 4.74 Å². The lowest BCUT2D eigenvalue weighted by molar-refractivity contribution is -0.117. The number of amides is 2. The van der Waals surface area contributed by atoms with E-state index >= 15 is 0 Å². The molecule has 0 aliphatic carbocycles. The number of aliphatic imine (C=N–C) groups is 1. The van der Waals surface area contributed by atoms with Gasteiger partial charge in [0.25, 0.3) is 11.8 Å². The molecule has 6 rings (SSSR count). The molecule has 4 aromatic rings. The standard InChI is InChI=1S/C29H23F2N5O3/c1-16-14-36-29(39-15-16)22(25(35-36)18-10-5-6-12-20(18)30)27(37)34-26-28(38)33-24-19(11-7-13-21(24)31)23(32-26)17-8-3-2-4-9-17/h2-13,16,26H,14-15H2,1H3,(H,33,38)(H,34,37)/t16-,26-/m1/s1. The minimum atomic E-state index is -1.42. The van der Waals surface area contributed by atoms with Crippen LogP contribution >= 0.6 is 0 Å². The monoisotopic (exact) mass is 527 g/mol. The van der Waals surface area contributed by atoms with Gasteiger partial charge in [0.05, 0.1) is 24.6 Å². The van der Waals surface area contributed by atoms with E-state index < -0.39 is 29.6 Å². The molecule has 0 radical (unpaired) electrons. The Morgan fingerprint density at radius 1 is 1.00 bits per heavy atom. The number of hydrogen-bond acceptors (Lipinski definition) is 5. The number of rotatable bonds is 4. The fraction of sp³-hybridized carbons (Fsp3) is 0.172. The quantitative estimate of drug-likeness (QED) is 0.411. The van der Waals surface area contributed by atoms with Crippen LogP contribution < -0.4 is 15.4 Å². The summed E-state index contributed by atoms with van der Waals surface area (Å²) in [6.07, 6.45) is -1.42. The van der Waals surface area contributed by atoms with Crippen molar-refractivity contribution in [2.45, 2.75) is 19.6 Å². The highest BCUT2D eigenvalue weighted by Crippen LogP contribution is 2.35. The van der Waals surface area contributed by atoms with Crippen molar-refractivity contribution in [2.75, 3.05) is 11.9 Å². The second kappa shape index (κ2) is 9.79. The van der Waals surface area contributed by atoms with Gasteiger partial charge in [-0.05, 0) is 18.2 Å². The van der Waals surface area contributed by atoms with Crippen molar-refractivity contribution < 1.29 is 23.1 Å². The molecule has 0 bridgehead atoms. The van der Waals surface area contributed by atoms with E-state index in [1.165, 1.54) is 28.9 Å². The lowest BCUT2D eigenvalue weighted by Gasteiger charge is -2.21. The zero-order valence-electron chi connectivity index (χ0n) is 20.8. The fourth-order valence-corrected chi connectivity index (χ4v) is 4.75. The van der Waals surface area contributed by atoms with Gasteiger partial charge in [0.1, 0.15) is 22.9 Å². The normalized spacial score (nSPS) is 18.1. The van der Waals surface area contributed by atoms with Crippen LogP contribution in [0.4, 0.5) is 14.5 Å². The lowest BCUT2D eigenvalue weighted by atomic mass is 10.0. The van der Waals surface area contributed by atoms with Crippen LogP contribution in [0, 0.1) is 17.6 Å². The van der Waals surface area contributed by atoms with Gasteiger partial charge in [0.2, 0.25) is 12.0 Å². The minimum absolute atomic E-state index is 0.01000. The molecule has 10 heteroatoms. The van der Waals surface area contributed by atoms with Crippen molar-refractivity contribution in [1.29, 1.82) is 0 Å². The number of nitrogens with one attached hydrogen (secondary N) is 2. The average molecular weight is 528 g/mol. The Balaban J connectivity index is 1.44. The first kappa shape index (κ1) is 24.5. The number of benzene rings is 3. The molecule has 0 unspecified atom stereocenters. The Morgan fingerprint density at radius 2 is 1.72 bits per heavy atom. The predicted octanol–water partition coefficient (Wildman–Crippen LogP) is 4.40. The van der Waals surface area contributed by atoms with E-state index in [-0.39, 0.29) is 34.3 Å². The Labute approximate surface area is 222 Å². The largest absolute Gasteiger partial charge is 0.477 e. The van der Waals surface area contributed by atoms with Gasteiger partial charge in [-0.3, -0.25) is 9.59 Å². The number of aromatic nitrogens is 2. The number of hydrogen-bond donors (Lipinski definition) is 2. The summed E-state index contributed by atoms with van der Waals surface area (Å²) in [7, 11) is 0. The van der Waals surface area contributed by atoms with Gasteiger partial charge in [-0.1, -0.05) is 61.5 Å². The van der Waals surface area contributed by atoms with E-state index in [1.54, 1.807) is 42.5 Å². The van der Waals surface area contributed by atoms with Crippen LogP contribution in [0.25, 0.3) is 11.3 Å². The Kier molecular flexibility index (Phi) is 6.14. The minimum Gasteiger partial charge on any atom is -0.477 e. The molecule has 2 N–H and O–H groups in total. The second-order valence-corrected chi connectivity index (χ2v) is 9.48. The Morgan fingerprint density at radius 3 is 2.51 bits per heavy atom. The van der Waals surface area contributed by atoms with E-state index in [0.29, 0.717) is 30.0 Å². The Hall–Kier alpha value is -4.86. The van der Waals surface area contributed by atoms with Crippen molar-refractivity contribution in [1.82, 2.24) is 15.1 Å². The smallest absolute Gasteiger partial charge is 0.269 e. The highest BCUT2D eigenvalue weighted by Gasteiger charge is 2.34. The molecule has 0 saturated carbocycles. The van der Waals surface area contributed by atoms with Crippen LogP contribution in [-0.2, 0) is 11.3 Å². The SMILES string of the molecule is C[C@H]1COc2c(C(=O)N[C@H]3N=C(c4ccccc4)c4cccc(F)c4NC3=O)c(-c3ccccc3F)nn2C1. The molecule has 8 nitrogen and oxygen atoms in total. The Bertz CT molecular complexity index is 1630. The third-order valence-electron chi connectivity index (χ3n) is 6.59. The highest BCUT2D eigenvalue weighted by atomic mass is 19.1. The lowest BCUT2D eigenvalue weighted by Crippen LogP contribution is -2.42. The van der Waals surface area contributed by atoms with Crippen LogP contribution in [0.2, 0.25) is 0 Å². The van der Waals surface area contributed by atoms with Gasteiger partial charge in [-0.15, -0.1) is 0 Å². The number of halogens is 2. The van der Waals surface area contributed by atoms with Crippen molar-refractivity contribution in [3.8, 4) is 17.1 Å². The molecule has 0 spiro atoms. The van der Waals surface area contributed by atoms with Gasteiger partial charge in [0.15, 0.2) is 0 Å². The van der Waals surface area contributed by atoms with Crippen LogP contribution in [0.15, 0.2) is 77.8 Å². The van der Waals surface area contributed by atoms with Gasteiger partial charge < -0.3 is 15.4 Å². The number of para-hydroxylation sites is 1. The predicted molar refractivity (Wildman–Crippen MR) is 141 cm³/mol. The molecule has 3 heterocycles. The van der Waals surface area contributed by atoms with E-state index in [9.17, 15) is 18.4 Å². The summed E-state index contributed by atoms with van der Waals surface area (Å²) in [5, 5.41) is 9.69. The first-order valence-corrected chi connectivity index (χ1v) is 12.4. The molecular weight excluding hydrogens is 504 g/mol. The number of anilines is 1. The van der Waals surface area contributed by atoms with Gasteiger partial charge in [0, 0.05) is 22.6 Å². The molecule has 2 aliphatic heterocycles. The molecule has 39 heavy (non-hydrogen) atoms. The molecule has 1 aromatic heterocycles. The van der Waals surface area contributed by atoms with Crippen molar-refractivity contribution in [2.24, 2.45) is 10.9 Å². The van der Waals surface area contributed by atoms with Gasteiger partial charge in [-0.25, -0.2) is 18.5 Å². The summed E-state index contributed by atoms with van der Waals surface area (Å²) < 4.78 is 37.0. The number of fused-ring (bicyclic) bond motifs is 2. The zero-order chi connectivity index (χ0) is 27.1. The summed E-state index contributed by atoms with van der Waals surface area (Å²) in [6.45, 7) is 2.79. The molecule has 196 valence electrons. The summed E-state index contributed by atoms with van der Waals surface area (Å²) in [5.74, 6) is -2.35. The maximum absolute atomic E-state index is 14.8. The third kappa shape index (κ3) is 4.43. The van der Waals surface area contributed by atoms with E-state index in [0.717, 1.165) is 0 Å². The molecule has 2 aliphatic rings. The number of ether oxygens (including phenoxy) is 1. The first-order valence-electron chi connectivity index (χ1n) is 12.4. The summed E-state index contributed by atoms with van der Waals surface area (Å²) in [6, 6.07) is 19.4. The van der Waals surface area contributed by atoms with Crippen LogP contribution in [0.5, 0.6) is 5.88 Å². The molecule has 0 saturated heterocycles. The molecule has 2 atom stereocenters. The number of carbonyl (C=O) groups excluding carboxylic acids is 2. The zero-order valence-corrected chi connectivity index (χ0v) is 20.8. The number of nitrogens with zero attached hydrogens (tertiary/aromatic N) is 3. The third-order valence-corrected chi connectivity index (χ3v) is 6.59. The average Bonchev–Trinajstić information content (AvgIpc) is 3.24. The summed E-state index contributed by atoms with van der Waals surface area (Å²) in [5.41, 5.74) is 1.49. The number of benzodiazepines with no additional fused rings is 1. The topological polar surface area (TPSA) is 97.6 Å². The molecular formula is C29H23F2N5O3. The molecule has 0 fully saturated rings. The summed E-state index contributed by atoms with van der Waals surface area (Å²) >= 11 is 0. The maximum Gasteiger partial charge on any atom is 0.269 e. The maximum atomic E-state index is 14.8. The van der Waals surface area contributed by atoms with Crippen molar-refractivity contribution >= 4 is 23.2 Å². The highest BCUT2D eigenvalue weighted by molar-refractivity contribution is 6.20. The fourth-order valence-electron chi connectivity index (χ4n) is 4.75. The van der Waals surface area contributed by atoms with Crippen LogP contribution in [0.1, 0.15) is 28.4 Å². The second-order valence-electron chi connectivity index (χ2n) is 9.48. The molecule has 2 amide bonds.